The quantitative estimate of drug-likeness (QED) is 0.353. The Hall–Kier alpha value is -0.850. The van der Waals surface area contributed by atoms with Crippen LogP contribution in [0.2, 0.25) is 0 Å². The molecule has 2 fully saturated rings. The lowest BCUT2D eigenvalue weighted by Gasteiger charge is -2.37. The standard InChI is InChI=1S/C19H37N3O3/c1-3-20-18(22-15-19(2)10-5-4-7-17(19)23)21-11-6-12-25-16-8-13-24-14-9-16/h16-17,23H,3-15H2,1-2H3,(H2,20,21,22). The van der Waals surface area contributed by atoms with E-state index in [0.717, 1.165) is 77.4 Å². The highest BCUT2D eigenvalue weighted by Crippen LogP contribution is 2.36. The monoisotopic (exact) mass is 355 g/mol. The highest BCUT2D eigenvalue weighted by Gasteiger charge is 2.35. The summed E-state index contributed by atoms with van der Waals surface area (Å²) in [5, 5.41) is 17.0. The third-order valence-electron chi connectivity index (χ3n) is 5.36. The maximum absolute atomic E-state index is 10.3. The average molecular weight is 356 g/mol. The molecule has 1 aliphatic carbocycles. The van der Waals surface area contributed by atoms with Gasteiger partial charge in [-0.1, -0.05) is 19.8 Å². The fraction of sp³-hybridized carbons (Fsp3) is 0.947. The van der Waals surface area contributed by atoms with Crippen molar-refractivity contribution in [3.8, 4) is 0 Å². The molecule has 3 N–H and O–H groups in total. The molecule has 6 heteroatoms. The van der Waals surface area contributed by atoms with Gasteiger partial charge in [-0.3, -0.25) is 4.99 Å². The zero-order valence-corrected chi connectivity index (χ0v) is 16.1. The molecule has 2 unspecified atom stereocenters. The van der Waals surface area contributed by atoms with Gasteiger partial charge in [0.05, 0.1) is 18.8 Å². The van der Waals surface area contributed by atoms with Gasteiger partial charge in [-0.25, -0.2) is 0 Å². The summed E-state index contributed by atoms with van der Waals surface area (Å²) in [6, 6.07) is 0. The van der Waals surface area contributed by atoms with Crippen molar-refractivity contribution in [2.45, 2.75) is 71.0 Å². The third kappa shape index (κ3) is 7.12. The van der Waals surface area contributed by atoms with Crippen molar-refractivity contribution < 1.29 is 14.6 Å². The molecule has 146 valence electrons. The zero-order valence-electron chi connectivity index (χ0n) is 16.1. The van der Waals surface area contributed by atoms with Crippen molar-refractivity contribution in [3.63, 3.8) is 0 Å². The van der Waals surface area contributed by atoms with Crippen LogP contribution in [0, 0.1) is 5.41 Å². The van der Waals surface area contributed by atoms with Crippen LogP contribution in [0.3, 0.4) is 0 Å². The van der Waals surface area contributed by atoms with E-state index in [4.69, 9.17) is 14.5 Å². The number of rotatable bonds is 8. The summed E-state index contributed by atoms with van der Waals surface area (Å²) in [6.07, 6.45) is 7.39. The van der Waals surface area contributed by atoms with E-state index in [1.807, 2.05) is 0 Å². The molecule has 25 heavy (non-hydrogen) atoms. The Morgan fingerprint density at radius 3 is 2.76 bits per heavy atom. The van der Waals surface area contributed by atoms with Gasteiger partial charge in [0.1, 0.15) is 0 Å². The minimum absolute atomic E-state index is 0.0905. The Morgan fingerprint density at radius 1 is 1.24 bits per heavy atom. The third-order valence-corrected chi connectivity index (χ3v) is 5.36. The molecule has 1 aliphatic heterocycles. The van der Waals surface area contributed by atoms with E-state index in [9.17, 15) is 5.11 Å². The van der Waals surface area contributed by atoms with Gasteiger partial charge in [-0.2, -0.15) is 0 Å². The summed E-state index contributed by atoms with van der Waals surface area (Å²) in [7, 11) is 0. The van der Waals surface area contributed by atoms with Crippen LogP contribution < -0.4 is 10.6 Å². The van der Waals surface area contributed by atoms with Crippen LogP contribution in [-0.4, -0.2) is 62.7 Å². The van der Waals surface area contributed by atoms with Crippen LogP contribution >= 0.6 is 0 Å². The number of aliphatic hydroxyl groups is 1. The van der Waals surface area contributed by atoms with Crippen LogP contribution in [0.15, 0.2) is 4.99 Å². The molecule has 0 spiro atoms. The summed E-state index contributed by atoms with van der Waals surface area (Å²) in [6.45, 7) is 9.00. The van der Waals surface area contributed by atoms with Crippen LogP contribution in [-0.2, 0) is 9.47 Å². The van der Waals surface area contributed by atoms with Crippen LogP contribution in [0.5, 0.6) is 0 Å². The lowest BCUT2D eigenvalue weighted by atomic mass is 9.73. The first-order chi connectivity index (χ1) is 12.1. The minimum Gasteiger partial charge on any atom is -0.392 e. The van der Waals surface area contributed by atoms with Crippen LogP contribution in [0.1, 0.15) is 58.8 Å². The lowest BCUT2D eigenvalue weighted by molar-refractivity contribution is -0.0320. The van der Waals surface area contributed by atoms with Crippen molar-refractivity contribution in [1.82, 2.24) is 10.6 Å². The van der Waals surface area contributed by atoms with Crippen molar-refractivity contribution in [3.05, 3.63) is 0 Å². The summed E-state index contributed by atoms with van der Waals surface area (Å²) in [5.74, 6) is 0.840. The van der Waals surface area contributed by atoms with E-state index in [2.05, 4.69) is 24.5 Å². The number of aliphatic imine (C=N–C) groups is 1. The van der Waals surface area contributed by atoms with Crippen LogP contribution in [0.25, 0.3) is 0 Å². The molecule has 2 rings (SSSR count). The van der Waals surface area contributed by atoms with Crippen LogP contribution in [0.4, 0.5) is 0 Å². The number of ether oxygens (including phenoxy) is 2. The van der Waals surface area contributed by atoms with Gasteiger partial charge in [0, 0.05) is 38.3 Å². The molecule has 0 bridgehead atoms. The Morgan fingerprint density at radius 2 is 2.04 bits per heavy atom. The second kappa shape index (κ2) is 11.0. The van der Waals surface area contributed by atoms with E-state index in [1.165, 1.54) is 6.42 Å². The highest BCUT2D eigenvalue weighted by atomic mass is 16.5. The molecule has 0 radical (unpaired) electrons. The lowest BCUT2D eigenvalue weighted by Crippen LogP contribution is -2.42. The van der Waals surface area contributed by atoms with E-state index < -0.39 is 0 Å². The Labute approximate surface area is 152 Å². The molecule has 0 amide bonds. The van der Waals surface area contributed by atoms with E-state index in [1.54, 1.807) is 0 Å². The molecular formula is C19H37N3O3. The molecular weight excluding hydrogens is 318 g/mol. The number of nitrogens with one attached hydrogen (secondary N) is 2. The van der Waals surface area contributed by atoms with Gasteiger partial charge >= 0.3 is 0 Å². The van der Waals surface area contributed by atoms with Crippen molar-refractivity contribution in [2.75, 3.05) is 39.5 Å². The second-order valence-corrected chi connectivity index (χ2v) is 7.57. The average Bonchev–Trinajstić information content (AvgIpc) is 2.63. The summed E-state index contributed by atoms with van der Waals surface area (Å²) in [5.41, 5.74) is -0.0905. The fourth-order valence-electron chi connectivity index (χ4n) is 3.54. The molecule has 0 aromatic rings. The normalized spacial score (nSPS) is 28.8. The van der Waals surface area contributed by atoms with Gasteiger partial charge in [0.15, 0.2) is 5.96 Å². The molecule has 6 nitrogen and oxygen atoms in total. The van der Waals surface area contributed by atoms with Gasteiger partial charge in [-0.05, 0) is 39.0 Å². The first kappa shape index (κ1) is 20.5. The minimum atomic E-state index is -0.235. The predicted octanol–water partition coefficient (Wildman–Crippen LogP) is 2.07. The Bertz CT molecular complexity index is 399. The number of nitrogens with zero attached hydrogens (tertiary/aromatic N) is 1. The highest BCUT2D eigenvalue weighted by molar-refractivity contribution is 5.79. The fourth-order valence-corrected chi connectivity index (χ4v) is 3.54. The van der Waals surface area contributed by atoms with Crippen molar-refractivity contribution >= 4 is 5.96 Å². The smallest absolute Gasteiger partial charge is 0.191 e. The molecule has 1 saturated heterocycles. The zero-order chi connectivity index (χ0) is 18.0. The van der Waals surface area contributed by atoms with Gasteiger partial charge < -0.3 is 25.2 Å². The Kier molecular flexibility index (Phi) is 8.99. The number of guanidine groups is 1. The second-order valence-electron chi connectivity index (χ2n) is 7.57. The molecule has 2 aliphatic rings. The van der Waals surface area contributed by atoms with Crippen molar-refractivity contribution in [2.24, 2.45) is 10.4 Å². The number of hydrogen-bond acceptors (Lipinski definition) is 4. The summed E-state index contributed by atoms with van der Waals surface area (Å²) >= 11 is 0. The largest absolute Gasteiger partial charge is 0.392 e. The van der Waals surface area contributed by atoms with Crippen molar-refractivity contribution in [1.29, 1.82) is 0 Å². The topological polar surface area (TPSA) is 75.1 Å². The SMILES string of the molecule is CCNC(=NCC1(C)CCCCC1O)NCCCOC1CCOCC1. The van der Waals surface area contributed by atoms with E-state index in [-0.39, 0.29) is 11.5 Å². The molecule has 2 atom stereocenters. The molecule has 0 aromatic heterocycles. The molecule has 1 saturated carbocycles. The molecule has 1 heterocycles. The summed E-state index contributed by atoms with van der Waals surface area (Å²) < 4.78 is 11.2. The van der Waals surface area contributed by atoms with E-state index in [0.29, 0.717) is 12.6 Å². The maximum Gasteiger partial charge on any atom is 0.191 e. The maximum atomic E-state index is 10.3. The van der Waals surface area contributed by atoms with Gasteiger partial charge in [0.25, 0.3) is 0 Å². The van der Waals surface area contributed by atoms with Gasteiger partial charge in [-0.15, -0.1) is 0 Å². The van der Waals surface area contributed by atoms with E-state index >= 15 is 0 Å². The first-order valence-corrected chi connectivity index (χ1v) is 10.0. The van der Waals surface area contributed by atoms with Gasteiger partial charge in [0.2, 0.25) is 0 Å². The number of hydrogen-bond donors (Lipinski definition) is 3. The number of aliphatic hydroxyl groups excluding tert-OH is 1. The first-order valence-electron chi connectivity index (χ1n) is 10.0. The Balaban J connectivity index is 1.68. The predicted molar refractivity (Wildman–Crippen MR) is 101 cm³/mol. The summed E-state index contributed by atoms with van der Waals surface area (Å²) in [4.78, 5) is 4.72. The molecule has 0 aromatic carbocycles.